The zero-order chi connectivity index (χ0) is 21.9. The molecule has 1 fully saturated rings. The van der Waals surface area contributed by atoms with Gasteiger partial charge in [-0.25, -0.2) is 4.39 Å². The Hall–Kier alpha value is -2.44. The summed E-state index contributed by atoms with van der Waals surface area (Å²) in [5.41, 5.74) is 2.32. The van der Waals surface area contributed by atoms with Gasteiger partial charge in [-0.05, 0) is 65.6 Å². The molecule has 0 aliphatic heterocycles. The molecule has 1 aliphatic carbocycles. The van der Waals surface area contributed by atoms with Gasteiger partial charge >= 0.3 is 0 Å². The Balaban J connectivity index is 1.89. The van der Waals surface area contributed by atoms with Crippen LogP contribution in [0.2, 0.25) is 0 Å². The van der Waals surface area contributed by atoms with Crippen LogP contribution < -0.4 is 10.1 Å². The molecular weight excluding hydrogens is 385 g/mol. The first-order valence-corrected chi connectivity index (χ1v) is 10.3. The fraction of sp³-hybridized carbons (Fsp3) is 0.458. The van der Waals surface area contributed by atoms with Crippen LogP contribution in [0.1, 0.15) is 39.2 Å². The van der Waals surface area contributed by atoms with E-state index in [0.29, 0.717) is 37.1 Å². The molecule has 5 nitrogen and oxygen atoms in total. The maximum atomic E-state index is 13.8. The summed E-state index contributed by atoms with van der Waals surface area (Å²) < 4.78 is 19.9. The van der Waals surface area contributed by atoms with Gasteiger partial charge in [0.2, 0.25) is 5.91 Å². The van der Waals surface area contributed by atoms with Crippen LogP contribution in [0.25, 0.3) is 11.1 Å². The third-order valence-electron chi connectivity index (χ3n) is 5.56. The van der Waals surface area contributed by atoms with Crippen molar-refractivity contribution >= 4 is 5.91 Å². The van der Waals surface area contributed by atoms with Crippen LogP contribution in [0.3, 0.4) is 0 Å². The zero-order valence-corrected chi connectivity index (χ0v) is 17.7. The summed E-state index contributed by atoms with van der Waals surface area (Å²) in [6.07, 6.45) is -0.610. The molecule has 3 rings (SSSR count). The molecule has 3 atom stereocenters. The number of nitrogens with one attached hydrogen (secondary N) is 1. The molecule has 1 amide bonds. The van der Waals surface area contributed by atoms with Gasteiger partial charge in [-0.2, -0.15) is 0 Å². The molecule has 2 aromatic rings. The summed E-state index contributed by atoms with van der Waals surface area (Å²) in [6, 6.07) is 11.9. The molecule has 3 unspecified atom stereocenters. The molecule has 1 saturated carbocycles. The summed E-state index contributed by atoms with van der Waals surface area (Å²) in [6.45, 7) is 6.03. The molecule has 6 heteroatoms. The Morgan fingerprint density at radius 2 is 1.97 bits per heavy atom. The van der Waals surface area contributed by atoms with Crippen LogP contribution in [0.15, 0.2) is 42.5 Å². The van der Waals surface area contributed by atoms with Crippen molar-refractivity contribution in [3.05, 3.63) is 53.8 Å². The van der Waals surface area contributed by atoms with Gasteiger partial charge in [-0.15, -0.1) is 0 Å². The van der Waals surface area contributed by atoms with Crippen molar-refractivity contribution in [2.45, 2.75) is 58.3 Å². The third-order valence-corrected chi connectivity index (χ3v) is 5.56. The van der Waals surface area contributed by atoms with Gasteiger partial charge in [0, 0.05) is 13.5 Å². The van der Waals surface area contributed by atoms with E-state index in [1.165, 1.54) is 19.1 Å². The zero-order valence-electron chi connectivity index (χ0n) is 17.7. The molecule has 1 aliphatic rings. The van der Waals surface area contributed by atoms with Crippen LogP contribution in [-0.2, 0) is 11.2 Å². The number of carbonyl (C=O) groups excluding carboxylic acids is 1. The number of amides is 1. The van der Waals surface area contributed by atoms with Gasteiger partial charge < -0.3 is 20.3 Å². The second kappa shape index (κ2) is 9.14. The van der Waals surface area contributed by atoms with Crippen molar-refractivity contribution in [2.24, 2.45) is 5.41 Å². The van der Waals surface area contributed by atoms with Crippen molar-refractivity contribution < 1.29 is 24.1 Å². The molecule has 0 bridgehead atoms. The van der Waals surface area contributed by atoms with Gasteiger partial charge in [-0.3, -0.25) is 4.79 Å². The molecular formula is C24H30FNO4. The summed E-state index contributed by atoms with van der Waals surface area (Å²) in [7, 11) is 0. The lowest BCUT2D eigenvalue weighted by Gasteiger charge is -2.41. The number of ether oxygens (including phenoxy) is 1. The number of benzene rings is 2. The first-order valence-electron chi connectivity index (χ1n) is 10.3. The van der Waals surface area contributed by atoms with Crippen molar-refractivity contribution in [3.8, 4) is 16.9 Å². The SMILES string of the molecule is CC(=O)NCCc1ccc(OC2CC(C)(C)CC(O)C2O)cc1-c1cccc(F)c1. The molecule has 0 radical (unpaired) electrons. The summed E-state index contributed by atoms with van der Waals surface area (Å²) >= 11 is 0. The average Bonchev–Trinajstić information content (AvgIpc) is 2.66. The van der Waals surface area contributed by atoms with Crippen LogP contribution in [0.4, 0.5) is 4.39 Å². The van der Waals surface area contributed by atoms with E-state index in [4.69, 9.17) is 4.74 Å². The molecule has 0 aromatic heterocycles. The molecule has 0 saturated heterocycles. The number of aliphatic hydroxyl groups excluding tert-OH is 2. The number of hydrogen-bond donors (Lipinski definition) is 3. The van der Waals surface area contributed by atoms with Gasteiger partial charge in [0.1, 0.15) is 23.8 Å². The highest BCUT2D eigenvalue weighted by atomic mass is 19.1. The third kappa shape index (κ3) is 5.58. The first-order chi connectivity index (χ1) is 14.1. The lowest BCUT2D eigenvalue weighted by molar-refractivity contribution is -0.118. The van der Waals surface area contributed by atoms with Crippen molar-refractivity contribution in [1.82, 2.24) is 5.32 Å². The second-order valence-electron chi connectivity index (χ2n) is 8.85. The van der Waals surface area contributed by atoms with Crippen molar-refractivity contribution in [2.75, 3.05) is 6.54 Å². The lowest BCUT2D eigenvalue weighted by atomic mass is 9.73. The fourth-order valence-corrected chi connectivity index (χ4v) is 4.11. The van der Waals surface area contributed by atoms with Gasteiger partial charge in [0.25, 0.3) is 0 Å². The maximum absolute atomic E-state index is 13.8. The van der Waals surface area contributed by atoms with Crippen LogP contribution in [-0.4, -0.2) is 41.0 Å². The van der Waals surface area contributed by atoms with E-state index >= 15 is 0 Å². The van der Waals surface area contributed by atoms with Gasteiger partial charge in [0.05, 0.1) is 6.10 Å². The van der Waals surface area contributed by atoms with Crippen LogP contribution in [0, 0.1) is 11.2 Å². The molecule has 30 heavy (non-hydrogen) atoms. The number of hydrogen-bond acceptors (Lipinski definition) is 4. The van der Waals surface area contributed by atoms with E-state index in [9.17, 15) is 19.4 Å². The maximum Gasteiger partial charge on any atom is 0.216 e. The van der Waals surface area contributed by atoms with E-state index in [0.717, 1.165) is 11.1 Å². The summed E-state index contributed by atoms with van der Waals surface area (Å²) in [5, 5.41) is 23.4. The Morgan fingerprint density at radius 3 is 2.67 bits per heavy atom. The predicted molar refractivity (Wildman–Crippen MR) is 114 cm³/mol. The first kappa shape index (κ1) is 22.2. The monoisotopic (exact) mass is 415 g/mol. The highest BCUT2D eigenvalue weighted by Gasteiger charge is 2.41. The normalized spacial score (nSPS) is 23.1. The van der Waals surface area contributed by atoms with Gasteiger partial charge in [0.15, 0.2) is 0 Å². The minimum atomic E-state index is -0.963. The Bertz CT molecular complexity index is 899. The van der Waals surface area contributed by atoms with E-state index < -0.39 is 18.3 Å². The van der Waals surface area contributed by atoms with Crippen molar-refractivity contribution in [3.63, 3.8) is 0 Å². The number of rotatable bonds is 6. The Morgan fingerprint density at radius 1 is 1.20 bits per heavy atom. The lowest BCUT2D eigenvalue weighted by Crippen LogP contribution is -2.49. The predicted octanol–water partition coefficient (Wildman–Crippen LogP) is 3.46. The Kier molecular flexibility index (Phi) is 6.78. The van der Waals surface area contributed by atoms with E-state index in [1.54, 1.807) is 6.07 Å². The van der Waals surface area contributed by atoms with Crippen LogP contribution >= 0.6 is 0 Å². The molecule has 2 aromatic carbocycles. The molecule has 0 spiro atoms. The van der Waals surface area contributed by atoms with E-state index in [-0.39, 0.29) is 17.1 Å². The van der Waals surface area contributed by atoms with Crippen molar-refractivity contribution in [1.29, 1.82) is 0 Å². The highest BCUT2D eigenvalue weighted by Crippen LogP contribution is 2.38. The highest BCUT2D eigenvalue weighted by molar-refractivity contribution is 5.73. The van der Waals surface area contributed by atoms with E-state index in [2.05, 4.69) is 5.32 Å². The minimum Gasteiger partial charge on any atom is -0.488 e. The standard InChI is InChI=1S/C24H30FNO4/c1-15(27)26-10-9-16-7-8-19(12-20(16)17-5-4-6-18(25)11-17)30-22-14-24(2,3)13-21(28)23(22)29/h4-8,11-12,21-23,28-29H,9-10,13-14H2,1-3H3,(H,26,27). The number of carbonyl (C=O) groups is 1. The largest absolute Gasteiger partial charge is 0.488 e. The molecule has 162 valence electrons. The summed E-state index contributed by atoms with van der Waals surface area (Å²) in [4.78, 5) is 11.2. The number of halogens is 1. The quantitative estimate of drug-likeness (QED) is 0.675. The smallest absolute Gasteiger partial charge is 0.216 e. The van der Waals surface area contributed by atoms with Gasteiger partial charge in [-0.1, -0.05) is 32.0 Å². The Labute approximate surface area is 176 Å². The summed E-state index contributed by atoms with van der Waals surface area (Å²) in [5.74, 6) is 0.111. The fourth-order valence-electron chi connectivity index (χ4n) is 4.11. The topological polar surface area (TPSA) is 78.8 Å². The average molecular weight is 416 g/mol. The minimum absolute atomic E-state index is 0.102. The molecule has 3 N–H and O–H groups in total. The van der Waals surface area contributed by atoms with Crippen LogP contribution in [0.5, 0.6) is 5.75 Å². The van der Waals surface area contributed by atoms with E-state index in [1.807, 2.05) is 38.1 Å². The second-order valence-corrected chi connectivity index (χ2v) is 8.85. The molecule has 0 heterocycles. The number of aliphatic hydroxyl groups is 2.